The number of amides is 2. The Hall–Kier alpha value is -1.55. The molecule has 0 aromatic heterocycles. The van der Waals surface area contributed by atoms with E-state index in [0.717, 1.165) is 25.2 Å². The first-order valence-electron chi connectivity index (χ1n) is 6.07. The summed E-state index contributed by atoms with van der Waals surface area (Å²) in [6.07, 6.45) is 1.07. The second-order valence-electron chi connectivity index (χ2n) is 5.05. The Labute approximate surface area is 101 Å². The van der Waals surface area contributed by atoms with E-state index in [2.05, 4.69) is 18.9 Å². The van der Waals surface area contributed by atoms with Gasteiger partial charge in [-0.25, -0.2) is 4.79 Å². The van der Waals surface area contributed by atoms with Crippen LogP contribution >= 0.6 is 0 Å². The predicted octanol–water partition coefficient (Wildman–Crippen LogP) is 2.29. The summed E-state index contributed by atoms with van der Waals surface area (Å²) < 4.78 is 0. The molecule has 2 amide bonds. The van der Waals surface area contributed by atoms with Crippen LogP contribution in [0, 0.1) is 0 Å². The van der Waals surface area contributed by atoms with Crippen molar-refractivity contribution in [2.45, 2.75) is 25.9 Å². The first-order valence-corrected chi connectivity index (χ1v) is 6.07. The number of carbonyl (C=O) groups is 1. The van der Waals surface area contributed by atoms with Crippen LogP contribution in [-0.2, 0) is 0 Å². The monoisotopic (exact) mass is 231 g/mol. The molecule has 0 radical (unpaired) electrons. The molecule has 0 atom stereocenters. The lowest BCUT2D eigenvalue weighted by Gasteiger charge is -2.35. The van der Waals surface area contributed by atoms with Gasteiger partial charge < -0.3 is 0 Å². The molecule has 0 aliphatic carbocycles. The molecule has 0 unspecified atom stereocenters. The Morgan fingerprint density at radius 1 is 1.12 bits per heavy atom. The Morgan fingerprint density at radius 3 is 2.47 bits per heavy atom. The van der Waals surface area contributed by atoms with Crippen molar-refractivity contribution in [2.24, 2.45) is 0 Å². The number of rotatable bonds is 1. The second-order valence-corrected chi connectivity index (χ2v) is 5.05. The topological polar surface area (TPSA) is 26.8 Å². The number of fused-ring (bicyclic) bond motifs is 1. The van der Waals surface area contributed by atoms with E-state index in [9.17, 15) is 4.79 Å². The highest BCUT2D eigenvalue weighted by atomic mass is 16.2. The van der Waals surface area contributed by atoms with Gasteiger partial charge in [-0.1, -0.05) is 18.2 Å². The predicted molar refractivity (Wildman–Crippen MR) is 66.4 cm³/mol. The zero-order chi connectivity index (χ0) is 12.0. The van der Waals surface area contributed by atoms with Gasteiger partial charge in [-0.2, -0.15) is 5.01 Å². The summed E-state index contributed by atoms with van der Waals surface area (Å²) in [5, 5.41) is 4.04. The van der Waals surface area contributed by atoms with E-state index in [4.69, 9.17) is 0 Å². The number of carbonyl (C=O) groups excluding carboxylic acids is 1. The number of benzene rings is 1. The van der Waals surface area contributed by atoms with Crippen molar-refractivity contribution in [2.75, 3.05) is 18.0 Å². The smallest absolute Gasteiger partial charge is 0.273 e. The minimum atomic E-state index is -0.269. The average molecular weight is 231 g/mol. The number of hydrogen-bond acceptors (Lipinski definition) is 2. The first kappa shape index (κ1) is 10.6. The van der Waals surface area contributed by atoms with E-state index < -0.39 is 0 Å². The molecular formula is C13H17N3O. The highest BCUT2D eigenvalue weighted by Gasteiger charge is 2.52. The zero-order valence-electron chi connectivity index (χ0n) is 10.3. The van der Waals surface area contributed by atoms with Crippen molar-refractivity contribution in [1.29, 1.82) is 0 Å². The third kappa shape index (κ3) is 1.37. The Kier molecular flexibility index (Phi) is 2.16. The fourth-order valence-electron chi connectivity index (χ4n) is 2.85. The molecule has 3 rings (SSSR count). The van der Waals surface area contributed by atoms with Crippen molar-refractivity contribution in [3.05, 3.63) is 30.3 Å². The Balaban J connectivity index is 2.03. The molecule has 2 aliphatic heterocycles. The highest BCUT2D eigenvalue weighted by Crippen LogP contribution is 2.37. The number of para-hydroxylation sites is 1. The second kappa shape index (κ2) is 3.47. The number of hydrogen-bond donors (Lipinski definition) is 0. The summed E-state index contributed by atoms with van der Waals surface area (Å²) in [4.78, 5) is 14.3. The summed E-state index contributed by atoms with van der Waals surface area (Å²) in [6, 6.07) is 9.98. The standard InChI is InChI=1S/C13H17N3O/c1-13(2)15-10-6-9-14(15)12(17)16(13)11-7-4-3-5-8-11/h3-5,7-8H,6,9-10H2,1-2H3. The maximum absolute atomic E-state index is 12.4. The molecule has 1 aromatic rings. The summed E-state index contributed by atoms with van der Waals surface area (Å²) in [7, 11) is 0. The summed E-state index contributed by atoms with van der Waals surface area (Å²) in [6.45, 7) is 6.00. The van der Waals surface area contributed by atoms with Crippen molar-refractivity contribution >= 4 is 11.7 Å². The van der Waals surface area contributed by atoms with Gasteiger partial charge in [0.25, 0.3) is 0 Å². The number of hydrazine groups is 1. The molecule has 2 fully saturated rings. The van der Waals surface area contributed by atoms with E-state index in [-0.39, 0.29) is 11.7 Å². The lowest BCUT2D eigenvalue weighted by atomic mass is 10.1. The Bertz CT molecular complexity index is 443. The normalized spacial score (nSPS) is 23.3. The van der Waals surface area contributed by atoms with Crippen LogP contribution < -0.4 is 4.90 Å². The first-order chi connectivity index (χ1) is 8.12. The fraction of sp³-hybridized carbons (Fsp3) is 0.462. The van der Waals surface area contributed by atoms with E-state index >= 15 is 0 Å². The Morgan fingerprint density at radius 2 is 1.82 bits per heavy atom. The molecule has 2 saturated heterocycles. The van der Waals surface area contributed by atoms with Gasteiger partial charge in [0.2, 0.25) is 0 Å². The van der Waals surface area contributed by atoms with Gasteiger partial charge in [0, 0.05) is 18.8 Å². The number of nitrogens with zero attached hydrogens (tertiary/aromatic N) is 3. The molecule has 1 aromatic carbocycles. The molecule has 2 heterocycles. The van der Waals surface area contributed by atoms with E-state index in [1.165, 1.54) is 0 Å². The van der Waals surface area contributed by atoms with Crippen LogP contribution in [0.1, 0.15) is 20.3 Å². The summed E-state index contributed by atoms with van der Waals surface area (Å²) in [5.41, 5.74) is 0.700. The number of urea groups is 1. The van der Waals surface area contributed by atoms with Crippen LogP contribution in [0.3, 0.4) is 0 Å². The molecule has 0 N–H and O–H groups in total. The average Bonchev–Trinajstić information content (AvgIpc) is 2.85. The molecule has 4 nitrogen and oxygen atoms in total. The SMILES string of the molecule is CC1(C)N(c2ccccc2)C(=O)N2CCCN21. The molecule has 4 heteroatoms. The zero-order valence-corrected chi connectivity index (χ0v) is 10.3. The van der Waals surface area contributed by atoms with Crippen LogP contribution in [0.5, 0.6) is 0 Å². The van der Waals surface area contributed by atoms with E-state index in [1.807, 2.05) is 40.2 Å². The van der Waals surface area contributed by atoms with Crippen LogP contribution in [0.4, 0.5) is 10.5 Å². The third-order valence-corrected chi connectivity index (χ3v) is 3.64. The van der Waals surface area contributed by atoms with E-state index in [0.29, 0.717) is 0 Å². The molecule has 2 aliphatic rings. The summed E-state index contributed by atoms with van der Waals surface area (Å²) in [5.74, 6) is 0. The van der Waals surface area contributed by atoms with Gasteiger partial charge in [0.1, 0.15) is 5.66 Å². The highest BCUT2D eigenvalue weighted by molar-refractivity contribution is 5.95. The molecular weight excluding hydrogens is 214 g/mol. The minimum absolute atomic E-state index is 0.0960. The van der Waals surface area contributed by atoms with Crippen LogP contribution in [0.15, 0.2) is 30.3 Å². The maximum Gasteiger partial charge on any atom is 0.340 e. The molecule has 0 spiro atoms. The van der Waals surface area contributed by atoms with Crippen molar-refractivity contribution < 1.29 is 4.79 Å². The van der Waals surface area contributed by atoms with Gasteiger partial charge in [-0.15, -0.1) is 0 Å². The maximum atomic E-state index is 12.4. The quantitative estimate of drug-likeness (QED) is 0.741. The van der Waals surface area contributed by atoms with Crippen LogP contribution in [0.25, 0.3) is 0 Å². The molecule has 0 saturated carbocycles. The van der Waals surface area contributed by atoms with Crippen molar-refractivity contribution in [1.82, 2.24) is 10.0 Å². The molecule has 0 bridgehead atoms. The lowest BCUT2D eigenvalue weighted by Crippen LogP contribution is -2.49. The molecule has 17 heavy (non-hydrogen) atoms. The van der Waals surface area contributed by atoms with Crippen molar-refractivity contribution in [3.63, 3.8) is 0 Å². The largest absolute Gasteiger partial charge is 0.340 e. The fourth-order valence-corrected chi connectivity index (χ4v) is 2.85. The van der Waals surface area contributed by atoms with Crippen LogP contribution in [0.2, 0.25) is 0 Å². The van der Waals surface area contributed by atoms with Gasteiger partial charge in [-0.05, 0) is 32.4 Å². The number of anilines is 1. The van der Waals surface area contributed by atoms with Crippen LogP contribution in [-0.4, -0.2) is 34.8 Å². The van der Waals surface area contributed by atoms with Gasteiger partial charge >= 0.3 is 6.03 Å². The lowest BCUT2D eigenvalue weighted by molar-refractivity contribution is 0.0309. The third-order valence-electron chi connectivity index (χ3n) is 3.64. The van der Waals surface area contributed by atoms with Gasteiger partial charge in [0.05, 0.1) is 0 Å². The molecule has 90 valence electrons. The van der Waals surface area contributed by atoms with Gasteiger partial charge in [-0.3, -0.25) is 9.91 Å². The summed E-state index contributed by atoms with van der Waals surface area (Å²) >= 11 is 0. The minimum Gasteiger partial charge on any atom is -0.273 e. The van der Waals surface area contributed by atoms with Crippen molar-refractivity contribution in [3.8, 4) is 0 Å². The van der Waals surface area contributed by atoms with Gasteiger partial charge in [0.15, 0.2) is 0 Å². The van der Waals surface area contributed by atoms with E-state index in [1.54, 1.807) is 0 Å².